The van der Waals surface area contributed by atoms with Gasteiger partial charge in [-0.2, -0.15) is 0 Å². The number of hydrogen-bond donors (Lipinski definition) is 1. The highest BCUT2D eigenvalue weighted by Crippen LogP contribution is 2.31. The van der Waals surface area contributed by atoms with Crippen LogP contribution in [0.25, 0.3) is 0 Å². The number of rotatable bonds is 9. The van der Waals surface area contributed by atoms with Gasteiger partial charge in [0, 0.05) is 6.61 Å². The first-order chi connectivity index (χ1) is 7.71. The van der Waals surface area contributed by atoms with Crippen LogP contribution >= 0.6 is 0 Å². The molecule has 0 amide bonds. The van der Waals surface area contributed by atoms with Crippen molar-refractivity contribution in [3.05, 3.63) is 0 Å². The molecule has 0 saturated heterocycles. The number of nitrogens with two attached hydrogens (primary N) is 1. The summed E-state index contributed by atoms with van der Waals surface area (Å²) in [5.41, 5.74) is 5.93. The molecular weight excluding hydrogens is 210 g/mol. The van der Waals surface area contributed by atoms with Gasteiger partial charge >= 0.3 is 0 Å². The minimum atomic E-state index is -0.0126. The van der Waals surface area contributed by atoms with Crippen LogP contribution in [0.15, 0.2) is 0 Å². The second-order valence-corrected chi connectivity index (χ2v) is 6.75. The number of hydrogen-bond acceptors (Lipinski definition) is 2. The van der Waals surface area contributed by atoms with Gasteiger partial charge in [-0.15, -0.1) is 0 Å². The van der Waals surface area contributed by atoms with Crippen molar-refractivity contribution in [2.75, 3.05) is 13.2 Å². The first-order valence-electron chi connectivity index (χ1n) is 7.05. The molecule has 0 fully saturated rings. The maximum atomic E-state index is 5.95. The molecule has 0 unspecified atom stereocenters. The molecule has 0 aromatic heterocycles. The van der Waals surface area contributed by atoms with Gasteiger partial charge in [0.15, 0.2) is 0 Å². The van der Waals surface area contributed by atoms with E-state index in [1.54, 1.807) is 0 Å². The highest BCUT2D eigenvalue weighted by Gasteiger charge is 2.22. The molecule has 0 aromatic carbocycles. The van der Waals surface area contributed by atoms with E-state index in [1.807, 2.05) is 0 Å². The normalized spacial score (nSPS) is 13.4. The van der Waals surface area contributed by atoms with Crippen LogP contribution in [0, 0.1) is 11.3 Å². The summed E-state index contributed by atoms with van der Waals surface area (Å²) in [5.74, 6) is 0.729. The molecule has 2 nitrogen and oxygen atoms in total. The summed E-state index contributed by atoms with van der Waals surface area (Å²) in [4.78, 5) is 0. The molecule has 0 atom stereocenters. The SMILES string of the molecule is CC(C)C(C)(C)CCCOC(C)(C)CCCN. The smallest absolute Gasteiger partial charge is 0.0627 e. The summed E-state index contributed by atoms with van der Waals surface area (Å²) < 4.78 is 5.95. The quantitative estimate of drug-likeness (QED) is 0.622. The van der Waals surface area contributed by atoms with Crippen molar-refractivity contribution in [1.82, 2.24) is 0 Å². The monoisotopic (exact) mass is 243 g/mol. The Kier molecular flexibility index (Phi) is 7.34. The van der Waals surface area contributed by atoms with E-state index >= 15 is 0 Å². The zero-order valence-electron chi connectivity index (χ0n) is 12.8. The highest BCUT2D eigenvalue weighted by atomic mass is 16.5. The van der Waals surface area contributed by atoms with Crippen LogP contribution in [0.2, 0.25) is 0 Å². The summed E-state index contributed by atoms with van der Waals surface area (Å²) in [6.07, 6.45) is 4.48. The molecule has 0 bridgehead atoms. The molecular formula is C15H33NO. The van der Waals surface area contributed by atoms with E-state index < -0.39 is 0 Å². The van der Waals surface area contributed by atoms with Crippen LogP contribution in [0.3, 0.4) is 0 Å². The Hall–Kier alpha value is -0.0800. The summed E-state index contributed by atoms with van der Waals surface area (Å²) in [6.45, 7) is 15.2. The molecule has 0 spiro atoms. The summed E-state index contributed by atoms with van der Waals surface area (Å²) in [7, 11) is 0. The van der Waals surface area contributed by atoms with Crippen molar-refractivity contribution < 1.29 is 4.74 Å². The molecule has 0 radical (unpaired) electrons. The van der Waals surface area contributed by atoms with Gasteiger partial charge < -0.3 is 10.5 Å². The standard InChI is InChI=1S/C15H33NO/c1-13(2)14(3,4)9-8-12-17-15(5,6)10-7-11-16/h13H,7-12,16H2,1-6H3. The fourth-order valence-corrected chi connectivity index (χ4v) is 1.76. The molecule has 104 valence electrons. The van der Waals surface area contributed by atoms with Gasteiger partial charge in [0.2, 0.25) is 0 Å². The average Bonchev–Trinajstić information content (AvgIpc) is 2.21. The van der Waals surface area contributed by atoms with Crippen LogP contribution in [0.4, 0.5) is 0 Å². The Labute approximate surface area is 108 Å². The molecule has 0 saturated carbocycles. The van der Waals surface area contributed by atoms with Gasteiger partial charge in [0.25, 0.3) is 0 Å². The molecule has 0 heterocycles. The van der Waals surface area contributed by atoms with Gasteiger partial charge in [0.1, 0.15) is 0 Å². The Morgan fingerprint density at radius 1 is 1.00 bits per heavy atom. The lowest BCUT2D eigenvalue weighted by atomic mass is 9.77. The zero-order valence-corrected chi connectivity index (χ0v) is 12.8. The Balaban J connectivity index is 3.77. The molecule has 0 aliphatic rings. The Bertz CT molecular complexity index is 197. The number of ether oxygens (including phenoxy) is 1. The van der Waals surface area contributed by atoms with Crippen molar-refractivity contribution in [2.24, 2.45) is 17.1 Å². The van der Waals surface area contributed by atoms with E-state index in [2.05, 4.69) is 41.5 Å². The van der Waals surface area contributed by atoms with E-state index in [0.29, 0.717) is 5.41 Å². The maximum Gasteiger partial charge on any atom is 0.0627 e. The Morgan fingerprint density at radius 2 is 1.59 bits per heavy atom. The van der Waals surface area contributed by atoms with Crippen molar-refractivity contribution in [3.63, 3.8) is 0 Å². The summed E-state index contributed by atoms with van der Waals surface area (Å²) in [5, 5.41) is 0. The molecule has 2 N–H and O–H groups in total. The van der Waals surface area contributed by atoms with Crippen LogP contribution in [0.1, 0.15) is 67.2 Å². The first-order valence-corrected chi connectivity index (χ1v) is 7.05. The van der Waals surface area contributed by atoms with Crippen LogP contribution in [-0.4, -0.2) is 18.8 Å². The van der Waals surface area contributed by atoms with E-state index in [9.17, 15) is 0 Å². The lowest BCUT2D eigenvalue weighted by Crippen LogP contribution is -2.27. The minimum Gasteiger partial charge on any atom is -0.376 e. The third-order valence-corrected chi connectivity index (χ3v) is 4.00. The van der Waals surface area contributed by atoms with Gasteiger partial charge in [-0.1, -0.05) is 27.7 Å². The minimum absolute atomic E-state index is 0.0126. The van der Waals surface area contributed by atoms with Crippen LogP contribution < -0.4 is 5.73 Å². The molecule has 2 heteroatoms. The van der Waals surface area contributed by atoms with Crippen molar-refractivity contribution in [1.29, 1.82) is 0 Å². The molecule has 0 aliphatic heterocycles. The van der Waals surface area contributed by atoms with Gasteiger partial charge in [-0.25, -0.2) is 0 Å². The lowest BCUT2D eigenvalue weighted by Gasteiger charge is -2.30. The maximum absolute atomic E-state index is 5.95. The largest absolute Gasteiger partial charge is 0.376 e. The van der Waals surface area contributed by atoms with Crippen LogP contribution in [-0.2, 0) is 4.74 Å². The first kappa shape index (κ1) is 16.9. The van der Waals surface area contributed by atoms with E-state index in [0.717, 1.165) is 38.3 Å². The fourth-order valence-electron chi connectivity index (χ4n) is 1.76. The van der Waals surface area contributed by atoms with E-state index in [-0.39, 0.29) is 5.60 Å². The van der Waals surface area contributed by atoms with Gasteiger partial charge in [0.05, 0.1) is 5.60 Å². The van der Waals surface area contributed by atoms with E-state index in [1.165, 1.54) is 6.42 Å². The summed E-state index contributed by atoms with van der Waals surface area (Å²) >= 11 is 0. The Morgan fingerprint density at radius 3 is 2.06 bits per heavy atom. The van der Waals surface area contributed by atoms with E-state index in [4.69, 9.17) is 10.5 Å². The second-order valence-electron chi connectivity index (χ2n) is 6.75. The molecule has 0 rings (SSSR count). The average molecular weight is 243 g/mol. The predicted molar refractivity (Wildman–Crippen MR) is 76.2 cm³/mol. The molecule has 0 aliphatic carbocycles. The van der Waals surface area contributed by atoms with Crippen molar-refractivity contribution >= 4 is 0 Å². The van der Waals surface area contributed by atoms with Crippen molar-refractivity contribution in [3.8, 4) is 0 Å². The summed E-state index contributed by atoms with van der Waals surface area (Å²) in [6, 6.07) is 0. The second kappa shape index (κ2) is 7.38. The third kappa shape index (κ3) is 7.77. The topological polar surface area (TPSA) is 35.2 Å². The fraction of sp³-hybridized carbons (Fsp3) is 1.00. The van der Waals surface area contributed by atoms with Crippen LogP contribution in [0.5, 0.6) is 0 Å². The predicted octanol–water partition coefficient (Wildman–Crippen LogP) is 3.98. The van der Waals surface area contributed by atoms with Crippen molar-refractivity contribution in [2.45, 2.75) is 72.8 Å². The zero-order chi connectivity index (χ0) is 13.5. The van der Waals surface area contributed by atoms with Gasteiger partial charge in [-0.3, -0.25) is 0 Å². The highest BCUT2D eigenvalue weighted by molar-refractivity contribution is 4.73. The third-order valence-electron chi connectivity index (χ3n) is 4.00. The molecule has 17 heavy (non-hydrogen) atoms. The van der Waals surface area contributed by atoms with Gasteiger partial charge in [-0.05, 0) is 57.4 Å². The lowest BCUT2D eigenvalue weighted by molar-refractivity contribution is -0.0292. The molecule has 0 aromatic rings.